The van der Waals surface area contributed by atoms with E-state index in [9.17, 15) is 9.90 Å². The normalized spacial score (nSPS) is 17.4. The molecule has 1 saturated carbocycles. The molecule has 0 radical (unpaired) electrons. The summed E-state index contributed by atoms with van der Waals surface area (Å²) in [7, 11) is 0. The van der Waals surface area contributed by atoms with Gasteiger partial charge in [0.1, 0.15) is 0 Å². The minimum Gasteiger partial charge on any atom is -0.388 e. The molecule has 0 atom stereocenters. The van der Waals surface area contributed by atoms with Crippen LogP contribution in [0, 0.1) is 10.5 Å². The molecule has 1 aliphatic carbocycles. The highest BCUT2D eigenvalue weighted by molar-refractivity contribution is 14.1. The van der Waals surface area contributed by atoms with Crippen molar-refractivity contribution in [3.63, 3.8) is 0 Å². The minimum atomic E-state index is -0.661. The Balaban J connectivity index is 2.02. The molecule has 4 heteroatoms. The molecule has 0 spiro atoms. The van der Waals surface area contributed by atoms with Crippen molar-refractivity contribution in [2.24, 2.45) is 0 Å². The third-order valence-corrected chi connectivity index (χ3v) is 4.54. The summed E-state index contributed by atoms with van der Waals surface area (Å²) in [6, 6.07) is 5.67. The second-order valence-electron chi connectivity index (χ2n) is 4.67. The molecule has 1 aromatic carbocycles. The van der Waals surface area contributed by atoms with Crippen molar-refractivity contribution < 1.29 is 9.90 Å². The Kier molecular flexibility index (Phi) is 3.73. The highest BCUT2D eigenvalue weighted by Crippen LogP contribution is 2.30. The molecule has 0 saturated heterocycles. The van der Waals surface area contributed by atoms with Crippen molar-refractivity contribution >= 4 is 28.5 Å². The molecule has 0 aliphatic heterocycles. The van der Waals surface area contributed by atoms with E-state index in [1.807, 2.05) is 25.1 Å². The van der Waals surface area contributed by atoms with E-state index in [2.05, 4.69) is 27.9 Å². The van der Waals surface area contributed by atoms with Crippen LogP contribution in [0.1, 0.15) is 35.2 Å². The quantitative estimate of drug-likeness (QED) is 0.826. The number of nitrogens with one attached hydrogen (secondary N) is 1. The fourth-order valence-corrected chi connectivity index (χ4v) is 2.45. The number of carbonyl (C=O) groups excluding carboxylic acids is 1. The molecule has 2 rings (SSSR count). The van der Waals surface area contributed by atoms with Gasteiger partial charge in [0, 0.05) is 15.7 Å². The van der Waals surface area contributed by atoms with Crippen LogP contribution in [0.15, 0.2) is 18.2 Å². The lowest BCUT2D eigenvalue weighted by atomic mass is 9.80. The molecule has 1 amide bonds. The molecule has 0 aromatic heterocycles. The van der Waals surface area contributed by atoms with Gasteiger partial charge >= 0.3 is 0 Å². The molecule has 0 heterocycles. The van der Waals surface area contributed by atoms with Crippen molar-refractivity contribution in [1.82, 2.24) is 5.32 Å². The van der Waals surface area contributed by atoms with Gasteiger partial charge in [-0.15, -0.1) is 0 Å². The zero-order valence-corrected chi connectivity index (χ0v) is 12.0. The fraction of sp³-hybridized carbons (Fsp3) is 0.462. The number of halogens is 1. The standard InChI is InChI=1S/C13H16INO2/c1-9-10(4-2-5-11(9)14)12(16)15-8-13(17)6-3-7-13/h2,4-5,17H,3,6-8H2,1H3,(H,15,16). The van der Waals surface area contributed by atoms with Crippen molar-refractivity contribution in [2.45, 2.75) is 31.8 Å². The van der Waals surface area contributed by atoms with Gasteiger partial charge in [-0.1, -0.05) is 6.07 Å². The first kappa shape index (κ1) is 12.8. The molecule has 3 nitrogen and oxygen atoms in total. The first-order valence-corrected chi connectivity index (χ1v) is 6.85. The predicted molar refractivity (Wildman–Crippen MR) is 75.0 cm³/mol. The van der Waals surface area contributed by atoms with Gasteiger partial charge in [0.05, 0.1) is 5.60 Å². The van der Waals surface area contributed by atoms with Crippen molar-refractivity contribution in [3.8, 4) is 0 Å². The van der Waals surface area contributed by atoms with Gasteiger partial charge in [-0.25, -0.2) is 0 Å². The van der Waals surface area contributed by atoms with E-state index in [-0.39, 0.29) is 5.91 Å². The van der Waals surface area contributed by atoms with E-state index in [0.29, 0.717) is 12.1 Å². The first-order chi connectivity index (χ1) is 8.02. The lowest BCUT2D eigenvalue weighted by Crippen LogP contribution is -2.47. The summed E-state index contributed by atoms with van der Waals surface area (Å²) < 4.78 is 1.08. The molecule has 0 unspecified atom stereocenters. The van der Waals surface area contributed by atoms with Gasteiger partial charge in [-0.3, -0.25) is 4.79 Å². The number of benzene rings is 1. The summed E-state index contributed by atoms with van der Waals surface area (Å²) >= 11 is 2.22. The number of amides is 1. The van der Waals surface area contributed by atoms with Crippen LogP contribution in [0.5, 0.6) is 0 Å². The van der Waals surface area contributed by atoms with E-state index in [1.165, 1.54) is 0 Å². The predicted octanol–water partition coefficient (Wildman–Crippen LogP) is 2.24. The van der Waals surface area contributed by atoms with Crippen LogP contribution in [0.2, 0.25) is 0 Å². The number of rotatable bonds is 3. The molecule has 1 aliphatic rings. The second kappa shape index (κ2) is 4.94. The van der Waals surface area contributed by atoms with E-state index in [4.69, 9.17) is 0 Å². The lowest BCUT2D eigenvalue weighted by Gasteiger charge is -2.36. The number of hydrogen-bond donors (Lipinski definition) is 2. The van der Waals surface area contributed by atoms with Crippen LogP contribution < -0.4 is 5.32 Å². The maximum Gasteiger partial charge on any atom is 0.251 e. The third kappa shape index (κ3) is 2.80. The zero-order valence-electron chi connectivity index (χ0n) is 9.79. The maximum absolute atomic E-state index is 12.0. The Bertz CT molecular complexity index is 441. The van der Waals surface area contributed by atoms with Gasteiger partial charge in [-0.2, -0.15) is 0 Å². The molecule has 1 fully saturated rings. The van der Waals surface area contributed by atoms with Crippen molar-refractivity contribution in [2.75, 3.05) is 6.54 Å². The van der Waals surface area contributed by atoms with Crippen LogP contribution in [-0.2, 0) is 0 Å². The summed E-state index contributed by atoms with van der Waals surface area (Å²) in [4.78, 5) is 12.0. The van der Waals surface area contributed by atoms with Gasteiger partial charge in [0.2, 0.25) is 0 Å². The van der Waals surface area contributed by atoms with Crippen LogP contribution in [0.25, 0.3) is 0 Å². The largest absolute Gasteiger partial charge is 0.388 e. The lowest BCUT2D eigenvalue weighted by molar-refractivity contribution is -0.0300. The van der Waals surface area contributed by atoms with Gasteiger partial charge < -0.3 is 10.4 Å². The average molecular weight is 345 g/mol. The SMILES string of the molecule is Cc1c(I)cccc1C(=O)NCC1(O)CCC1. The van der Waals surface area contributed by atoms with Crippen LogP contribution >= 0.6 is 22.6 Å². The Morgan fingerprint density at radius 1 is 1.53 bits per heavy atom. The summed E-state index contributed by atoms with van der Waals surface area (Å²) in [6.45, 7) is 2.30. The van der Waals surface area contributed by atoms with E-state index in [0.717, 1.165) is 28.4 Å². The highest BCUT2D eigenvalue weighted by atomic mass is 127. The van der Waals surface area contributed by atoms with Gasteiger partial charge in [-0.05, 0) is 66.5 Å². The Hall–Kier alpha value is -0.620. The third-order valence-electron chi connectivity index (χ3n) is 3.37. The van der Waals surface area contributed by atoms with Gasteiger partial charge in [0.25, 0.3) is 5.91 Å². The van der Waals surface area contributed by atoms with Crippen LogP contribution in [0.3, 0.4) is 0 Å². The first-order valence-electron chi connectivity index (χ1n) is 5.77. The topological polar surface area (TPSA) is 49.3 Å². The smallest absolute Gasteiger partial charge is 0.251 e. The maximum atomic E-state index is 12.0. The van der Waals surface area contributed by atoms with E-state index < -0.39 is 5.60 Å². The highest BCUT2D eigenvalue weighted by Gasteiger charge is 2.34. The number of aliphatic hydroxyl groups is 1. The zero-order chi connectivity index (χ0) is 12.5. The molecule has 2 N–H and O–H groups in total. The van der Waals surface area contributed by atoms with Crippen LogP contribution in [-0.4, -0.2) is 23.2 Å². The van der Waals surface area contributed by atoms with E-state index in [1.54, 1.807) is 0 Å². The minimum absolute atomic E-state index is 0.0960. The molecule has 1 aromatic rings. The van der Waals surface area contributed by atoms with Crippen molar-refractivity contribution in [3.05, 3.63) is 32.9 Å². The summed E-state index contributed by atoms with van der Waals surface area (Å²) in [5.74, 6) is -0.0960. The summed E-state index contributed by atoms with van der Waals surface area (Å²) in [5.41, 5.74) is 1.02. The summed E-state index contributed by atoms with van der Waals surface area (Å²) in [6.07, 6.45) is 2.63. The molecule has 17 heavy (non-hydrogen) atoms. The van der Waals surface area contributed by atoms with Crippen molar-refractivity contribution in [1.29, 1.82) is 0 Å². The molecular formula is C13H16INO2. The Morgan fingerprint density at radius 2 is 2.24 bits per heavy atom. The number of hydrogen-bond acceptors (Lipinski definition) is 2. The van der Waals surface area contributed by atoms with E-state index >= 15 is 0 Å². The molecule has 0 bridgehead atoms. The molecule has 92 valence electrons. The second-order valence-corrected chi connectivity index (χ2v) is 5.84. The molecular weight excluding hydrogens is 329 g/mol. The summed E-state index contributed by atoms with van der Waals surface area (Å²) in [5, 5.41) is 12.7. The Morgan fingerprint density at radius 3 is 2.82 bits per heavy atom. The monoisotopic (exact) mass is 345 g/mol. The van der Waals surface area contributed by atoms with Gasteiger partial charge in [0.15, 0.2) is 0 Å². The Labute approximate surface area is 115 Å². The fourth-order valence-electron chi connectivity index (χ4n) is 1.96. The van der Waals surface area contributed by atoms with Crippen LogP contribution in [0.4, 0.5) is 0 Å². The number of carbonyl (C=O) groups is 1. The average Bonchev–Trinajstić information content (AvgIpc) is 2.27.